The number of aliphatic carboxylic acids is 1. The quantitative estimate of drug-likeness (QED) is 0.641. The van der Waals surface area contributed by atoms with Gasteiger partial charge in [-0.25, -0.2) is 4.79 Å². The molecule has 1 unspecified atom stereocenters. The fourth-order valence-corrected chi connectivity index (χ4v) is 1.45. The summed E-state index contributed by atoms with van der Waals surface area (Å²) in [4.78, 5) is 22.3. The number of likely N-dealkylation sites (N-methyl/N-ethyl adjacent to an activating group) is 1. The second kappa shape index (κ2) is 6.61. The van der Waals surface area contributed by atoms with Gasteiger partial charge in [-0.2, -0.15) is 0 Å². The number of hydrogen-bond acceptors (Lipinski definition) is 5. The summed E-state index contributed by atoms with van der Waals surface area (Å²) in [5, 5.41) is 14.5. The zero-order valence-corrected chi connectivity index (χ0v) is 10.3. The number of rotatable bonds is 6. The molecule has 6 nitrogen and oxygen atoms in total. The highest BCUT2D eigenvalue weighted by molar-refractivity contribution is 5.95. The number of methoxy groups -OCH3 is 1. The van der Waals surface area contributed by atoms with Gasteiger partial charge in [0.05, 0.1) is 12.7 Å². The lowest BCUT2D eigenvalue weighted by Gasteiger charge is -2.15. The summed E-state index contributed by atoms with van der Waals surface area (Å²) in [5.41, 5.74) is 0.922. The van der Waals surface area contributed by atoms with Gasteiger partial charge < -0.3 is 20.5 Å². The molecule has 98 valence electrons. The van der Waals surface area contributed by atoms with Gasteiger partial charge in [0, 0.05) is 12.2 Å². The highest BCUT2D eigenvalue weighted by Crippen LogP contribution is 2.15. The standard InChI is InChI=1S/C12H16N2O4/c1-13-10(11(15)16)7-14-9-6-4-3-5-8(9)12(17)18-2/h3-6,10,13-14H,7H2,1-2H3,(H,15,16). The molecule has 1 aromatic rings. The minimum atomic E-state index is -0.958. The lowest BCUT2D eigenvalue weighted by molar-refractivity contribution is -0.138. The summed E-state index contributed by atoms with van der Waals surface area (Å²) in [7, 11) is 2.86. The second-order valence-corrected chi connectivity index (χ2v) is 3.60. The van der Waals surface area contributed by atoms with Crippen LogP contribution in [0.1, 0.15) is 10.4 Å². The molecule has 0 fully saturated rings. The number of carbonyl (C=O) groups is 2. The lowest BCUT2D eigenvalue weighted by Crippen LogP contribution is -2.40. The highest BCUT2D eigenvalue weighted by atomic mass is 16.5. The third kappa shape index (κ3) is 3.46. The molecule has 1 rings (SSSR count). The van der Waals surface area contributed by atoms with E-state index in [1.54, 1.807) is 31.3 Å². The number of ether oxygens (including phenoxy) is 1. The number of carboxylic acid groups (broad SMARTS) is 1. The van der Waals surface area contributed by atoms with Gasteiger partial charge in [-0.15, -0.1) is 0 Å². The smallest absolute Gasteiger partial charge is 0.339 e. The highest BCUT2D eigenvalue weighted by Gasteiger charge is 2.16. The molecule has 3 N–H and O–H groups in total. The van der Waals surface area contributed by atoms with Crippen LogP contribution in [0.15, 0.2) is 24.3 Å². The first kappa shape index (κ1) is 14.0. The molecule has 0 amide bonds. The number of para-hydroxylation sites is 1. The maximum Gasteiger partial charge on any atom is 0.339 e. The van der Waals surface area contributed by atoms with Gasteiger partial charge in [0.25, 0.3) is 0 Å². The number of carboxylic acids is 1. The van der Waals surface area contributed by atoms with Crippen LogP contribution >= 0.6 is 0 Å². The van der Waals surface area contributed by atoms with Gasteiger partial charge in [0.15, 0.2) is 0 Å². The van der Waals surface area contributed by atoms with Gasteiger partial charge in [0.2, 0.25) is 0 Å². The molecule has 0 heterocycles. The van der Waals surface area contributed by atoms with Gasteiger partial charge in [-0.05, 0) is 19.2 Å². The van der Waals surface area contributed by atoms with Crippen molar-refractivity contribution >= 4 is 17.6 Å². The number of nitrogens with one attached hydrogen (secondary N) is 2. The zero-order chi connectivity index (χ0) is 13.5. The number of esters is 1. The van der Waals surface area contributed by atoms with E-state index in [0.717, 1.165) is 0 Å². The van der Waals surface area contributed by atoms with E-state index in [0.29, 0.717) is 11.3 Å². The lowest BCUT2D eigenvalue weighted by atomic mass is 10.1. The third-order valence-corrected chi connectivity index (χ3v) is 2.48. The molecule has 0 aliphatic heterocycles. The van der Waals surface area contributed by atoms with E-state index in [4.69, 9.17) is 5.11 Å². The number of benzene rings is 1. The normalized spacial score (nSPS) is 11.7. The molecule has 0 aliphatic carbocycles. The summed E-state index contributed by atoms with van der Waals surface area (Å²) in [6.07, 6.45) is 0. The first-order valence-electron chi connectivity index (χ1n) is 5.41. The maximum absolute atomic E-state index is 11.5. The molecule has 0 bridgehead atoms. The van der Waals surface area contributed by atoms with Crippen molar-refractivity contribution in [3.05, 3.63) is 29.8 Å². The Labute approximate surface area is 105 Å². The van der Waals surface area contributed by atoms with Crippen LogP contribution in [-0.4, -0.2) is 43.8 Å². The summed E-state index contributed by atoms with van der Waals surface area (Å²) in [6, 6.07) is 6.05. The van der Waals surface area contributed by atoms with Crippen LogP contribution in [-0.2, 0) is 9.53 Å². The van der Waals surface area contributed by atoms with Gasteiger partial charge in [-0.1, -0.05) is 12.1 Å². The van der Waals surface area contributed by atoms with Crippen molar-refractivity contribution in [2.45, 2.75) is 6.04 Å². The van der Waals surface area contributed by atoms with Crippen LogP contribution in [0.4, 0.5) is 5.69 Å². The predicted octanol–water partition coefficient (Wildman–Crippen LogP) is 0.558. The van der Waals surface area contributed by atoms with E-state index in [1.807, 2.05) is 0 Å². The Kier molecular flexibility index (Phi) is 5.13. The first-order chi connectivity index (χ1) is 8.60. The molecule has 0 aromatic heterocycles. The average Bonchev–Trinajstić information content (AvgIpc) is 2.38. The number of carbonyl (C=O) groups excluding carboxylic acids is 1. The van der Waals surface area contributed by atoms with E-state index < -0.39 is 18.0 Å². The van der Waals surface area contributed by atoms with Crippen LogP contribution in [0.25, 0.3) is 0 Å². The average molecular weight is 252 g/mol. The van der Waals surface area contributed by atoms with Crippen molar-refractivity contribution in [1.29, 1.82) is 0 Å². The van der Waals surface area contributed by atoms with Crippen molar-refractivity contribution in [3.63, 3.8) is 0 Å². The van der Waals surface area contributed by atoms with Crippen LogP contribution in [0.3, 0.4) is 0 Å². The summed E-state index contributed by atoms with van der Waals surface area (Å²) in [5.74, 6) is -1.42. The van der Waals surface area contributed by atoms with E-state index >= 15 is 0 Å². The van der Waals surface area contributed by atoms with Crippen LogP contribution < -0.4 is 10.6 Å². The summed E-state index contributed by atoms with van der Waals surface area (Å²) in [6.45, 7) is 0.167. The van der Waals surface area contributed by atoms with E-state index in [9.17, 15) is 9.59 Å². The molecule has 1 aromatic carbocycles. The fraction of sp³-hybridized carbons (Fsp3) is 0.333. The minimum absolute atomic E-state index is 0.167. The second-order valence-electron chi connectivity index (χ2n) is 3.60. The fourth-order valence-electron chi connectivity index (χ4n) is 1.45. The molecule has 0 radical (unpaired) electrons. The largest absolute Gasteiger partial charge is 0.480 e. The number of anilines is 1. The monoisotopic (exact) mass is 252 g/mol. The third-order valence-electron chi connectivity index (χ3n) is 2.48. The molecule has 18 heavy (non-hydrogen) atoms. The van der Waals surface area contributed by atoms with Crippen LogP contribution in [0.5, 0.6) is 0 Å². The van der Waals surface area contributed by atoms with Crippen molar-refractivity contribution in [2.24, 2.45) is 0 Å². The van der Waals surface area contributed by atoms with E-state index in [1.165, 1.54) is 7.11 Å². The Morgan fingerprint density at radius 2 is 2.06 bits per heavy atom. The molecule has 0 spiro atoms. The Hall–Kier alpha value is -2.08. The molecule has 6 heteroatoms. The first-order valence-corrected chi connectivity index (χ1v) is 5.41. The Balaban J connectivity index is 2.78. The van der Waals surface area contributed by atoms with Crippen molar-refractivity contribution in [3.8, 4) is 0 Å². The maximum atomic E-state index is 11.5. The number of hydrogen-bond donors (Lipinski definition) is 3. The summed E-state index contributed by atoms with van der Waals surface area (Å²) < 4.78 is 4.65. The van der Waals surface area contributed by atoms with E-state index in [-0.39, 0.29) is 6.54 Å². The topological polar surface area (TPSA) is 87.7 Å². The zero-order valence-electron chi connectivity index (χ0n) is 10.3. The minimum Gasteiger partial charge on any atom is -0.480 e. The van der Waals surface area contributed by atoms with Crippen LogP contribution in [0.2, 0.25) is 0 Å². The van der Waals surface area contributed by atoms with Gasteiger partial charge >= 0.3 is 11.9 Å². The van der Waals surface area contributed by atoms with E-state index in [2.05, 4.69) is 15.4 Å². The summed E-state index contributed by atoms with van der Waals surface area (Å²) >= 11 is 0. The predicted molar refractivity (Wildman–Crippen MR) is 66.8 cm³/mol. The molecule has 0 saturated heterocycles. The molecule has 0 saturated carbocycles. The van der Waals surface area contributed by atoms with Crippen molar-refractivity contribution in [2.75, 3.05) is 26.0 Å². The van der Waals surface area contributed by atoms with Gasteiger partial charge in [-0.3, -0.25) is 4.79 Å². The SMILES string of the molecule is CNC(CNc1ccccc1C(=O)OC)C(=O)O. The van der Waals surface area contributed by atoms with Crippen molar-refractivity contribution in [1.82, 2.24) is 5.32 Å². The molecule has 1 atom stereocenters. The van der Waals surface area contributed by atoms with Crippen molar-refractivity contribution < 1.29 is 19.4 Å². The Bertz CT molecular complexity index is 434. The molecular weight excluding hydrogens is 236 g/mol. The molecule has 0 aliphatic rings. The van der Waals surface area contributed by atoms with Crippen LogP contribution in [0, 0.1) is 0 Å². The molecular formula is C12H16N2O4. The Morgan fingerprint density at radius 1 is 1.39 bits per heavy atom. The van der Waals surface area contributed by atoms with Gasteiger partial charge in [0.1, 0.15) is 6.04 Å². The Morgan fingerprint density at radius 3 is 2.61 bits per heavy atom.